The van der Waals surface area contributed by atoms with Gasteiger partial charge in [0.15, 0.2) is 0 Å². The van der Waals surface area contributed by atoms with Crippen LogP contribution in [-0.4, -0.2) is 36.1 Å². The quantitative estimate of drug-likeness (QED) is 0.752. The molecular formula is C13H26N2. The summed E-state index contributed by atoms with van der Waals surface area (Å²) in [5.74, 6) is 0.875. The van der Waals surface area contributed by atoms with Crippen molar-refractivity contribution in [2.75, 3.05) is 19.6 Å². The van der Waals surface area contributed by atoms with Crippen LogP contribution in [0.15, 0.2) is 0 Å². The molecule has 88 valence electrons. The second-order valence-electron chi connectivity index (χ2n) is 5.88. The van der Waals surface area contributed by atoms with E-state index in [4.69, 9.17) is 0 Å². The highest BCUT2D eigenvalue weighted by atomic mass is 15.2. The molecule has 0 aliphatic carbocycles. The smallest absolute Gasteiger partial charge is 0.0194 e. The van der Waals surface area contributed by atoms with Gasteiger partial charge < -0.3 is 10.2 Å². The van der Waals surface area contributed by atoms with Crippen LogP contribution in [0.1, 0.15) is 46.5 Å². The summed E-state index contributed by atoms with van der Waals surface area (Å²) in [5, 5.41) is 3.77. The molecule has 2 unspecified atom stereocenters. The molecule has 2 aliphatic rings. The third kappa shape index (κ3) is 2.36. The van der Waals surface area contributed by atoms with Crippen molar-refractivity contribution in [3.63, 3.8) is 0 Å². The molecule has 0 aromatic heterocycles. The first-order valence-electron chi connectivity index (χ1n) is 6.61. The molecule has 0 saturated carbocycles. The Bertz CT molecular complexity index is 207. The van der Waals surface area contributed by atoms with Crippen molar-refractivity contribution in [2.45, 2.75) is 58.0 Å². The van der Waals surface area contributed by atoms with Gasteiger partial charge in [-0.3, -0.25) is 0 Å². The Morgan fingerprint density at radius 3 is 2.67 bits per heavy atom. The number of hydrogen-bond donors (Lipinski definition) is 1. The molecule has 1 N–H and O–H groups in total. The van der Waals surface area contributed by atoms with Gasteiger partial charge in [-0.25, -0.2) is 0 Å². The fraction of sp³-hybridized carbons (Fsp3) is 1.00. The van der Waals surface area contributed by atoms with Crippen molar-refractivity contribution >= 4 is 0 Å². The van der Waals surface area contributed by atoms with Crippen molar-refractivity contribution < 1.29 is 0 Å². The Labute approximate surface area is 94.4 Å². The molecule has 2 aliphatic heterocycles. The van der Waals surface area contributed by atoms with Gasteiger partial charge in [0.05, 0.1) is 0 Å². The summed E-state index contributed by atoms with van der Waals surface area (Å²) in [6, 6.07) is 0.724. The topological polar surface area (TPSA) is 15.3 Å². The van der Waals surface area contributed by atoms with Crippen molar-refractivity contribution in [2.24, 2.45) is 5.92 Å². The molecule has 0 amide bonds. The standard InChI is InChI=1S/C13H26N2/c1-11(2)15-9-6-12(10-15)13(3)7-4-5-8-14-13/h11-12,14H,4-10H2,1-3H3. The number of nitrogens with one attached hydrogen (secondary N) is 1. The van der Waals surface area contributed by atoms with Crippen LogP contribution in [0.4, 0.5) is 0 Å². The second-order valence-corrected chi connectivity index (χ2v) is 5.88. The number of nitrogens with zero attached hydrogens (tertiary/aromatic N) is 1. The van der Waals surface area contributed by atoms with Crippen molar-refractivity contribution in [1.29, 1.82) is 0 Å². The van der Waals surface area contributed by atoms with Crippen molar-refractivity contribution in [1.82, 2.24) is 10.2 Å². The Morgan fingerprint density at radius 2 is 2.13 bits per heavy atom. The lowest BCUT2D eigenvalue weighted by atomic mass is 9.78. The zero-order chi connectivity index (χ0) is 10.9. The lowest BCUT2D eigenvalue weighted by molar-refractivity contribution is 0.171. The molecule has 2 rings (SSSR count). The first-order chi connectivity index (χ1) is 7.12. The predicted molar refractivity (Wildman–Crippen MR) is 65.1 cm³/mol. The minimum Gasteiger partial charge on any atom is -0.311 e. The van der Waals surface area contributed by atoms with Gasteiger partial charge in [-0.15, -0.1) is 0 Å². The van der Waals surface area contributed by atoms with E-state index in [0.717, 1.165) is 12.0 Å². The Morgan fingerprint density at radius 1 is 1.33 bits per heavy atom. The zero-order valence-electron chi connectivity index (χ0n) is 10.6. The maximum Gasteiger partial charge on any atom is 0.0194 e. The van der Waals surface area contributed by atoms with E-state index >= 15 is 0 Å². The summed E-state index contributed by atoms with van der Waals surface area (Å²) < 4.78 is 0. The molecule has 2 atom stereocenters. The Hall–Kier alpha value is -0.0800. The monoisotopic (exact) mass is 210 g/mol. The lowest BCUT2D eigenvalue weighted by Gasteiger charge is -2.40. The van der Waals surface area contributed by atoms with Crippen LogP contribution in [0, 0.1) is 5.92 Å². The average Bonchev–Trinajstić information content (AvgIpc) is 2.68. The van der Waals surface area contributed by atoms with Gasteiger partial charge in [0, 0.05) is 18.1 Å². The highest BCUT2D eigenvalue weighted by molar-refractivity contribution is 4.97. The van der Waals surface area contributed by atoms with Gasteiger partial charge in [-0.2, -0.15) is 0 Å². The highest BCUT2D eigenvalue weighted by Crippen LogP contribution is 2.33. The highest BCUT2D eigenvalue weighted by Gasteiger charge is 2.39. The fourth-order valence-electron chi connectivity index (χ4n) is 3.20. The van der Waals surface area contributed by atoms with Crippen LogP contribution in [-0.2, 0) is 0 Å². The fourth-order valence-corrected chi connectivity index (χ4v) is 3.20. The van der Waals surface area contributed by atoms with Crippen LogP contribution in [0.2, 0.25) is 0 Å². The predicted octanol–water partition coefficient (Wildman–Crippen LogP) is 2.25. The SMILES string of the molecule is CC(C)N1CCC(C2(C)CCCCN2)C1. The van der Waals surface area contributed by atoms with Crippen LogP contribution in [0.25, 0.3) is 0 Å². The van der Waals surface area contributed by atoms with E-state index in [1.807, 2.05) is 0 Å². The van der Waals surface area contributed by atoms with E-state index in [-0.39, 0.29) is 0 Å². The normalized spacial score (nSPS) is 38.8. The summed E-state index contributed by atoms with van der Waals surface area (Å²) in [5.41, 5.74) is 0.432. The van der Waals surface area contributed by atoms with Crippen molar-refractivity contribution in [3.05, 3.63) is 0 Å². The van der Waals surface area contributed by atoms with Crippen LogP contribution in [0.5, 0.6) is 0 Å². The summed E-state index contributed by atoms with van der Waals surface area (Å²) >= 11 is 0. The minimum atomic E-state index is 0.432. The first kappa shape index (κ1) is 11.4. The van der Waals surface area contributed by atoms with Gasteiger partial charge in [0.25, 0.3) is 0 Å². The third-order valence-electron chi connectivity index (χ3n) is 4.50. The van der Waals surface area contributed by atoms with E-state index < -0.39 is 0 Å². The average molecular weight is 210 g/mol. The number of piperidine rings is 1. The maximum absolute atomic E-state index is 3.77. The molecule has 2 heteroatoms. The van der Waals surface area contributed by atoms with Gasteiger partial charge in [-0.05, 0) is 59.0 Å². The molecule has 0 spiro atoms. The minimum absolute atomic E-state index is 0.432. The summed E-state index contributed by atoms with van der Waals surface area (Å²) in [6.07, 6.45) is 5.56. The van der Waals surface area contributed by atoms with E-state index in [0.29, 0.717) is 5.54 Å². The number of hydrogen-bond acceptors (Lipinski definition) is 2. The molecule has 15 heavy (non-hydrogen) atoms. The molecule has 2 saturated heterocycles. The first-order valence-corrected chi connectivity index (χ1v) is 6.61. The maximum atomic E-state index is 3.77. The molecule has 0 bridgehead atoms. The van der Waals surface area contributed by atoms with Gasteiger partial charge in [0.1, 0.15) is 0 Å². The van der Waals surface area contributed by atoms with Crippen LogP contribution in [0.3, 0.4) is 0 Å². The van der Waals surface area contributed by atoms with Gasteiger partial charge in [-0.1, -0.05) is 6.42 Å². The number of rotatable bonds is 2. The number of likely N-dealkylation sites (tertiary alicyclic amines) is 1. The third-order valence-corrected chi connectivity index (χ3v) is 4.50. The molecule has 0 radical (unpaired) electrons. The van der Waals surface area contributed by atoms with Crippen molar-refractivity contribution in [3.8, 4) is 0 Å². The second kappa shape index (κ2) is 4.42. The van der Waals surface area contributed by atoms with E-state index in [2.05, 4.69) is 31.0 Å². The van der Waals surface area contributed by atoms with E-state index in [1.54, 1.807) is 0 Å². The Balaban J connectivity index is 1.94. The molecule has 0 aromatic carbocycles. The van der Waals surface area contributed by atoms with E-state index in [9.17, 15) is 0 Å². The zero-order valence-corrected chi connectivity index (χ0v) is 10.6. The lowest BCUT2D eigenvalue weighted by Crippen LogP contribution is -2.52. The van der Waals surface area contributed by atoms with Gasteiger partial charge in [0.2, 0.25) is 0 Å². The summed E-state index contributed by atoms with van der Waals surface area (Å²) in [6.45, 7) is 10.9. The molecule has 0 aromatic rings. The molecule has 2 heterocycles. The molecule has 2 fully saturated rings. The summed E-state index contributed by atoms with van der Waals surface area (Å²) in [4.78, 5) is 2.63. The van der Waals surface area contributed by atoms with E-state index in [1.165, 1.54) is 45.3 Å². The van der Waals surface area contributed by atoms with Crippen LogP contribution >= 0.6 is 0 Å². The Kier molecular flexibility index (Phi) is 3.36. The van der Waals surface area contributed by atoms with Gasteiger partial charge >= 0.3 is 0 Å². The van der Waals surface area contributed by atoms with Crippen LogP contribution < -0.4 is 5.32 Å². The summed E-state index contributed by atoms with van der Waals surface area (Å²) in [7, 11) is 0. The largest absolute Gasteiger partial charge is 0.311 e. The molecular weight excluding hydrogens is 184 g/mol. The molecule has 2 nitrogen and oxygen atoms in total.